The lowest BCUT2D eigenvalue weighted by Gasteiger charge is -2.43. The fourth-order valence-corrected chi connectivity index (χ4v) is 7.94. The van der Waals surface area contributed by atoms with E-state index in [1.807, 2.05) is 58.3 Å². The number of halogens is 2. The van der Waals surface area contributed by atoms with Gasteiger partial charge < -0.3 is 29.7 Å². The second kappa shape index (κ2) is 21.3. The summed E-state index contributed by atoms with van der Waals surface area (Å²) in [6.45, 7) is 10.0. The molecule has 4 aromatic rings. The number of hydrogen-bond donors (Lipinski definition) is 1. The van der Waals surface area contributed by atoms with Gasteiger partial charge in [0, 0.05) is 79.3 Å². The van der Waals surface area contributed by atoms with Crippen LogP contribution in [0.5, 0.6) is 0 Å². The Bertz CT molecular complexity index is 1970. The summed E-state index contributed by atoms with van der Waals surface area (Å²) in [5.74, 6) is -0.487. The van der Waals surface area contributed by atoms with Gasteiger partial charge in [-0.3, -0.25) is 24.4 Å². The van der Waals surface area contributed by atoms with Crippen LogP contribution < -0.4 is 15.5 Å². The van der Waals surface area contributed by atoms with E-state index in [1.165, 1.54) is 7.11 Å². The van der Waals surface area contributed by atoms with Crippen molar-refractivity contribution in [2.24, 2.45) is 5.73 Å². The Kier molecular flexibility index (Phi) is 15.5. The number of ketones is 1. The van der Waals surface area contributed by atoms with Crippen LogP contribution in [-0.4, -0.2) is 148 Å². The summed E-state index contributed by atoms with van der Waals surface area (Å²) in [7, 11) is 1.36. The number of urea groups is 2. The number of carbonyl (C=O) groups is 4. The van der Waals surface area contributed by atoms with Crippen molar-refractivity contribution in [3.63, 3.8) is 0 Å². The third-order valence-corrected chi connectivity index (χ3v) is 12.2. The smallest absolute Gasteiger partial charge is 0.337 e. The highest BCUT2D eigenvalue weighted by atomic mass is 35.5. The normalized spacial score (nSPS) is 17.2. The fourth-order valence-electron chi connectivity index (χ4n) is 7.69. The van der Waals surface area contributed by atoms with Gasteiger partial charge in [-0.25, -0.2) is 14.4 Å². The van der Waals surface area contributed by atoms with Crippen LogP contribution in [0.4, 0.5) is 21.0 Å². The molecule has 14 nitrogen and oxygen atoms in total. The predicted molar refractivity (Wildman–Crippen MR) is 239 cm³/mol. The van der Waals surface area contributed by atoms with Crippen molar-refractivity contribution in [2.75, 3.05) is 102 Å². The van der Waals surface area contributed by atoms with E-state index in [9.17, 15) is 19.2 Å². The molecule has 0 spiro atoms. The first-order valence-electron chi connectivity index (χ1n) is 20.9. The van der Waals surface area contributed by atoms with Crippen molar-refractivity contribution in [1.82, 2.24) is 19.6 Å². The van der Waals surface area contributed by atoms with E-state index in [0.29, 0.717) is 72.5 Å². The van der Waals surface area contributed by atoms with Crippen LogP contribution in [0.3, 0.4) is 0 Å². The predicted octanol–water partition coefficient (Wildman–Crippen LogP) is 5.89. The Hall–Kier alpha value is -5.06. The molecule has 0 aliphatic carbocycles. The lowest BCUT2D eigenvalue weighted by atomic mass is 10.1. The zero-order chi connectivity index (χ0) is 43.6. The zero-order valence-corrected chi connectivity index (χ0v) is 36.4. The molecule has 2 N–H and O–H groups in total. The maximum atomic E-state index is 13.5. The minimum absolute atomic E-state index is 0.0201. The van der Waals surface area contributed by atoms with Gasteiger partial charge in [-0.1, -0.05) is 59.6 Å². The molecule has 4 aromatic carbocycles. The summed E-state index contributed by atoms with van der Waals surface area (Å²) in [6.07, 6.45) is 0. The summed E-state index contributed by atoms with van der Waals surface area (Å²) in [6, 6.07) is 29.8. The van der Waals surface area contributed by atoms with Crippen molar-refractivity contribution < 1.29 is 33.4 Å². The van der Waals surface area contributed by atoms with Crippen LogP contribution in [0.2, 0.25) is 10.0 Å². The van der Waals surface area contributed by atoms with Gasteiger partial charge in [0.25, 0.3) is 0 Å². The van der Waals surface area contributed by atoms with E-state index in [0.717, 1.165) is 75.1 Å². The topological polar surface area (TPSA) is 141 Å². The second-order valence-corrected chi connectivity index (χ2v) is 16.5. The van der Waals surface area contributed by atoms with E-state index >= 15 is 0 Å². The number of ether oxygens (including phenoxy) is 3. The number of benzene rings is 4. The maximum Gasteiger partial charge on any atom is 0.337 e. The van der Waals surface area contributed by atoms with Gasteiger partial charge in [0.2, 0.25) is 0 Å². The maximum absolute atomic E-state index is 13.5. The summed E-state index contributed by atoms with van der Waals surface area (Å²) in [5, 5.41) is 1.24. The molecule has 328 valence electrons. The summed E-state index contributed by atoms with van der Waals surface area (Å²) in [5.41, 5.74) is 9.91. The van der Waals surface area contributed by atoms with E-state index in [1.54, 1.807) is 58.3 Å². The summed E-state index contributed by atoms with van der Waals surface area (Å²) >= 11 is 12.1. The molecule has 8 rings (SSSR count). The van der Waals surface area contributed by atoms with Gasteiger partial charge in [0.15, 0.2) is 5.78 Å². The molecule has 4 fully saturated rings. The van der Waals surface area contributed by atoms with Crippen molar-refractivity contribution in [1.29, 1.82) is 0 Å². The second-order valence-electron chi connectivity index (χ2n) is 15.6. The summed E-state index contributed by atoms with van der Waals surface area (Å²) < 4.78 is 15.3. The molecule has 0 radical (unpaired) electrons. The third kappa shape index (κ3) is 11.3. The van der Waals surface area contributed by atoms with E-state index in [-0.39, 0.29) is 30.4 Å². The molecule has 0 atom stereocenters. The number of esters is 1. The highest BCUT2D eigenvalue weighted by Crippen LogP contribution is 2.26. The Labute approximate surface area is 372 Å². The van der Waals surface area contributed by atoms with Crippen LogP contribution in [-0.2, 0) is 27.3 Å². The molecular weight excluding hydrogens is 833 g/mol. The van der Waals surface area contributed by atoms with E-state index < -0.39 is 0 Å². The Balaban J connectivity index is 0.000000186. The first-order valence-corrected chi connectivity index (χ1v) is 21.6. The lowest BCUT2D eigenvalue weighted by Crippen LogP contribution is -2.59. The molecule has 4 heterocycles. The Morgan fingerprint density at radius 2 is 0.952 bits per heavy atom. The number of hydrogen-bond acceptors (Lipinski definition) is 10. The molecule has 0 unspecified atom stereocenters. The molecule has 4 saturated heterocycles. The number of amides is 4. The highest BCUT2D eigenvalue weighted by molar-refractivity contribution is 6.31. The molecule has 4 aliphatic rings. The van der Waals surface area contributed by atoms with Gasteiger partial charge in [0.1, 0.15) is 0 Å². The number of carbonyl (C=O) groups excluding carboxylic acids is 4. The first kappa shape index (κ1) is 45.0. The quantitative estimate of drug-likeness (QED) is 0.143. The average Bonchev–Trinajstić information content (AvgIpc) is 3.27. The first-order chi connectivity index (χ1) is 30.1. The number of nitrogens with zero attached hydrogens (tertiary/aromatic N) is 6. The Morgan fingerprint density at radius 3 is 1.27 bits per heavy atom. The van der Waals surface area contributed by atoms with Crippen LogP contribution in [0.15, 0.2) is 97.1 Å². The monoisotopic (exact) mass is 885 g/mol. The van der Waals surface area contributed by atoms with Gasteiger partial charge in [-0.15, -0.1) is 0 Å². The number of rotatable bonds is 11. The molecule has 0 saturated carbocycles. The number of anilines is 2. The van der Waals surface area contributed by atoms with Crippen LogP contribution in [0, 0.1) is 0 Å². The van der Waals surface area contributed by atoms with E-state index in [2.05, 4.69) is 9.80 Å². The molecule has 4 aliphatic heterocycles. The van der Waals surface area contributed by atoms with Gasteiger partial charge in [-0.2, -0.15) is 0 Å². The van der Waals surface area contributed by atoms with Gasteiger partial charge >= 0.3 is 18.0 Å². The van der Waals surface area contributed by atoms with Crippen LogP contribution >= 0.6 is 23.2 Å². The van der Waals surface area contributed by atoms with Crippen molar-refractivity contribution in [2.45, 2.75) is 25.2 Å². The molecular formula is C46H53Cl2N7O7. The minimum atomic E-state index is -0.382. The number of nitrogens with two attached hydrogens (primary N) is 1. The zero-order valence-electron chi connectivity index (χ0n) is 34.9. The molecule has 62 heavy (non-hydrogen) atoms. The average molecular weight is 887 g/mol. The van der Waals surface area contributed by atoms with Gasteiger partial charge in [-0.05, 0) is 71.8 Å². The van der Waals surface area contributed by atoms with E-state index in [4.69, 9.17) is 43.1 Å². The number of piperazine rings is 2. The van der Waals surface area contributed by atoms with Gasteiger partial charge in [0.05, 0.1) is 70.8 Å². The minimum Gasteiger partial charge on any atom is -0.465 e. The molecule has 4 amide bonds. The largest absolute Gasteiger partial charge is 0.465 e. The highest BCUT2D eigenvalue weighted by Gasteiger charge is 2.33. The molecule has 0 aromatic heterocycles. The number of methoxy groups -OCH3 is 1. The van der Waals surface area contributed by atoms with Crippen molar-refractivity contribution in [3.8, 4) is 0 Å². The molecule has 0 bridgehead atoms. The van der Waals surface area contributed by atoms with Crippen LogP contribution in [0.25, 0.3) is 0 Å². The van der Waals surface area contributed by atoms with Crippen molar-refractivity contribution in [3.05, 3.63) is 129 Å². The Morgan fingerprint density at radius 1 is 0.581 bits per heavy atom. The van der Waals surface area contributed by atoms with Crippen molar-refractivity contribution >= 4 is 58.4 Å². The van der Waals surface area contributed by atoms with Crippen LogP contribution in [0.1, 0.15) is 31.8 Å². The SMILES string of the molecule is COC(=O)c1ccc(CN(C(=O)N2CCN(C3COC3)CC2)c2ccc(Cl)cc2)cc1.NCC(=O)c1ccc(CN(C(=O)N2CCN(C3COC3)CC2)c2ccc(Cl)cc2)cc1. The standard InChI is InChI=1S/C23H27ClN4O3.C23H26ClN3O4/c24-19-5-7-20(8-6-19)28(14-17-1-3-18(4-2-17)22(29)13-25)23(30)27-11-9-26(10-12-27)21-15-31-16-21;1-30-22(28)18-4-2-17(3-5-18)14-27(20-8-6-19(24)7-9-20)23(29)26-12-10-25(11-13-26)21-15-31-16-21/h1-8,21H,9-16,25H2;2-9,21H,10-16H2,1H3. The third-order valence-electron chi connectivity index (χ3n) is 11.7. The molecule has 16 heteroatoms. The number of Topliss-reactive ketones (excluding diaryl/α,β-unsaturated/α-hetero) is 1. The fraction of sp³-hybridized carbons (Fsp3) is 0.391. The summed E-state index contributed by atoms with van der Waals surface area (Å²) in [4.78, 5) is 62.5. The lowest BCUT2D eigenvalue weighted by molar-refractivity contribution is -0.0738.